The molecule has 0 aromatic carbocycles. The summed E-state index contributed by atoms with van der Waals surface area (Å²) in [5.74, 6) is 0.625. The van der Waals surface area contributed by atoms with Crippen LogP contribution in [0.5, 0.6) is 0 Å². The molecule has 0 aromatic rings. The van der Waals surface area contributed by atoms with Crippen molar-refractivity contribution in [2.75, 3.05) is 13.2 Å². The smallest absolute Gasteiger partial charge is 0.323 e. The quantitative estimate of drug-likeness (QED) is 0.701. The first-order valence-electron chi connectivity index (χ1n) is 5.68. The van der Waals surface area contributed by atoms with Gasteiger partial charge in [-0.1, -0.05) is 20.3 Å². The zero-order valence-corrected chi connectivity index (χ0v) is 9.21. The molecule has 0 spiro atoms. The highest BCUT2D eigenvalue weighted by atomic mass is 16.5. The van der Waals surface area contributed by atoms with Crippen LogP contribution in [0.3, 0.4) is 0 Å². The van der Waals surface area contributed by atoms with Crippen molar-refractivity contribution in [2.24, 2.45) is 5.92 Å². The van der Waals surface area contributed by atoms with E-state index in [9.17, 15) is 4.79 Å². The Balaban J connectivity index is 2.31. The molecule has 0 aromatic heterocycles. The molecule has 3 heteroatoms. The van der Waals surface area contributed by atoms with Gasteiger partial charge in [0.2, 0.25) is 0 Å². The lowest BCUT2D eigenvalue weighted by molar-refractivity contribution is -0.147. The molecule has 0 aliphatic carbocycles. The molecule has 2 unspecified atom stereocenters. The zero-order valence-electron chi connectivity index (χ0n) is 9.21. The molecule has 1 heterocycles. The van der Waals surface area contributed by atoms with E-state index in [1.807, 2.05) is 6.92 Å². The number of piperidine rings is 1. The molecule has 82 valence electrons. The third-order valence-electron chi connectivity index (χ3n) is 2.82. The lowest BCUT2D eigenvalue weighted by Crippen LogP contribution is -2.44. The van der Waals surface area contributed by atoms with Crippen molar-refractivity contribution in [3.8, 4) is 0 Å². The maximum absolute atomic E-state index is 11.5. The van der Waals surface area contributed by atoms with Crippen molar-refractivity contribution in [3.63, 3.8) is 0 Å². The molecular formula is C11H21NO2. The number of ether oxygens (including phenoxy) is 1. The van der Waals surface area contributed by atoms with E-state index in [2.05, 4.69) is 12.2 Å². The maximum atomic E-state index is 11.5. The molecule has 1 N–H and O–H groups in total. The van der Waals surface area contributed by atoms with Crippen LogP contribution in [-0.2, 0) is 9.53 Å². The number of carbonyl (C=O) groups excluding carboxylic acids is 1. The largest absolute Gasteiger partial charge is 0.465 e. The number of nitrogens with one attached hydrogen (secondary N) is 1. The van der Waals surface area contributed by atoms with E-state index >= 15 is 0 Å². The summed E-state index contributed by atoms with van der Waals surface area (Å²) in [5, 5.41) is 3.22. The molecule has 1 fully saturated rings. The molecule has 0 bridgehead atoms. The van der Waals surface area contributed by atoms with Crippen molar-refractivity contribution < 1.29 is 9.53 Å². The Morgan fingerprint density at radius 1 is 1.50 bits per heavy atom. The summed E-state index contributed by atoms with van der Waals surface area (Å²) in [6.45, 7) is 5.69. The van der Waals surface area contributed by atoms with Crippen LogP contribution >= 0.6 is 0 Å². The zero-order chi connectivity index (χ0) is 10.4. The topological polar surface area (TPSA) is 38.3 Å². The van der Waals surface area contributed by atoms with E-state index in [1.54, 1.807) is 0 Å². The molecule has 14 heavy (non-hydrogen) atoms. The molecule has 0 saturated carbocycles. The number of esters is 1. The van der Waals surface area contributed by atoms with Gasteiger partial charge in [0.1, 0.15) is 6.04 Å². The first-order chi connectivity index (χ1) is 6.77. The minimum atomic E-state index is -0.0648. The monoisotopic (exact) mass is 199 g/mol. The van der Waals surface area contributed by atoms with Gasteiger partial charge in [-0.25, -0.2) is 0 Å². The number of carbonyl (C=O) groups is 1. The van der Waals surface area contributed by atoms with Gasteiger partial charge in [0.25, 0.3) is 0 Å². The summed E-state index contributed by atoms with van der Waals surface area (Å²) in [6.07, 6.45) is 4.20. The van der Waals surface area contributed by atoms with Gasteiger partial charge in [0.05, 0.1) is 6.61 Å². The van der Waals surface area contributed by atoms with Crippen LogP contribution in [-0.4, -0.2) is 25.2 Å². The van der Waals surface area contributed by atoms with Gasteiger partial charge in [-0.3, -0.25) is 4.79 Å². The molecule has 1 aliphatic heterocycles. The average molecular weight is 199 g/mol. The van der Waals surface area contributed by atoms with Gasteiger partial charge in [-0.05, 0) is 31.7 Å². The Bertz CT molecular complexity index is 182. The number of rotatable bonds is 4. The van der Waals surface area contributed by atoms with Crippen LogP contribution < -0.4 is 5.32 Å². The average Bonchev–Trinajstić information content (AvgIpc) is 2.26. The third-order valence-corrected chi connectivity index (χ3v) is 2.82. The van der Waals surface area contributed by atoms with E-state index in [1.165, 1.54) is 12.8 Å². The summed E-state index contributed by atoms with van der Waals surface area (Å²) in [7, 11) is 0. The lowest BCUT2D eigenvalue weighted by atomic mass is 9.90. The van der Waals surface area contributed by atoms with Gasteiger partial charge >= 0.3 is 5.97 Å². The number of hydrogen-bond acceptors (Lipinski definition) is 3. The highest BCUT2D eigenvalue weighted by molar-refractivity contribution is 5.75. The van der Waals surface area contributed by atoms with Crippen LogP contribution in [0.2, 0.25) is 0 Å². The van der Waals surface area contributed by atoms with Gasteiger partial charge in [0, 0.05) is 0 Å². The van der Waals surface area contributed by atoms with E-state index in [0.29, 0.717) is 12.5 Å². The lowest BCUT2D eigenvalue weighted by Gasteiger charge is -2.28. The van der Waals surface area contributed by atoms with E-state index < -0.39 is 0 Å². The Morgan fingerprint density at radius 2 is 2.29 bits per heavy atom. The molecule has 3 nitrogen and oxygen atoms in total. The minimum Gasteiger partial charge on any atom is -0.465 e. The fourth-order valence-corrected chi connectivity index (χ4v) is 1.85. The molecule has 0 radical (unpaired) electrons. The Kier molecular flexibility index (Phi) is 4.94. The summed E-state index contributed by atoms with van der Waals surface area (Å²) < 4.78 is 5.12. The van der Waals surface area contributed by atoms with Crippen LogP contribution in [0.1, 0.15) is 39.5 Å². The van der Waals surface area contributed by atoms with Crippen LogP contribution in [0.15, 0.2) is 0 Å². The normalized spacial score (nSPS) is 27.3. The molecule has 1 aliphatic rings. The van der Waals surface area contributed by atoms with Crippen LogP contribution in [0, 0.1) is 5.92 Å². The number of hydrogen-bond donors (Lipinski definition) is 1. The fraction of sp³-hybridized carbons (Fsp3) is 0.909. The fourth-order valence-electron chi connectivity index (χ4n) is 1.85. The highest BCUT2D eigenvalue weighted by Crippen LogP contribution is 2.19. The van der Waals surface area contributed by atoms with Gasteiger partial charge in [-0.15, -0.1) is 0 Å². The first-order valence-corrected chi connectivity index (χ1v) is 5.68. The standard InChI is InChI=1S/C11H21NO2/c1-3-7-14-11(13)10-8-9(4-2)5-6-12-10/h9-10,12H,3-8H2,1-2H3. The van der Waals surface area contributed by atoms with Gasteiger partial charge in [-0.2, -0.15) is 0 Å². The predicted molar refractivity (Wildman–Crippen MR) is 56.1 cm³/mol. The Morgan fingerprint density at radius 3 is 2.93 bits per heavy atom. The second-order valence-electron chi connectivity index (χ2n) is 3.97. The van der Waals surface area contributed by atoms with Gasteiger partial charge < -0.3 is 10.1 Å². The summed E-state index contributed by atoms with van der Waals surface area (Å²) in [4.78, 5) is 11.5. The van der Waals surface area contributed by atoms with E-state index in [0.717, 1.165) is 19.4 Å². The van der Waals surface area contributed by atoms with Crippen molar-refractivity contribution >= 4 is 5.97 Å². The molecule has 0 amide bonds. The summed E-state index contributed by atoms with van der Waals surface area (Å²) in [5.41, 5.74) is 0. The third kappa shape index (κ3) is 3.29. The highest BCUT2D eigenvalue weighted by Gasteiger charge is 2.26. The van der Waals surface area contributed by atoms with Crippen molar-refractivity contribution in [3.05, 3.63) is 0 Å². The van der Waals surface area contributed by atoms with Crippen LogP contribution in [0.25, 0.3) is 0 Å². The Hall–Kier alpha value is -0.570. The minimum absolute atomic E-state index is 0.0553. The van der Waals surface area contributed by atoms with Gasteiger partial charge in [0.15, 0.2) is 0 Å². The van der Waals surface area contributed by atoms with E-state index in [4.69, 9.17) is 4.74 Å². The second-order valence-corrected chi connectivity index (χ2v) is 3.97. The van der Waals surface area contributed by atoms with Crippen LogP contribution in [0.4, 0.5) is 0 Å². The van der Waals surface area contributed by atoms with Crippen molar-refractivity contribution in [1.82, 2.24) is 5.32 Å². The predicted octanol–water partition coefficient (Wildman–Crippen LogP) is 1.72. The summed E-state index contributed by atoms with van der Waals surface area (Å²) in [6, 6.07) is -0.0553. The van der Waals surface area contributed by atoms with Crippen molar-refractivity contribution in [1.29, 1.82) is 0 Å². The Labute approximate surface area is 86.2 Å². The SMILES string of the molecule is CCCOC(=O)C1CC(CC)CCN1. The van der Waals surface area contributed by atoms with Crippen molar-refractivity contribution in [2.45, 2.75) is 45.6 Å². The maximum Gasteiger partial charge on any atom is 0.323 e. The first kappa shape index (κ1) is 11.5. The molecule has 1 saturated heterocycles. The second kappa shape index (κ2) is 6.02. The molecule has 1 rings (SSSR count). The summed E-state index contributed by atoms with van der Waals surface area (Å²) >= 11 is 0. The molecular weight excluding hydrogens is 178 g/mol. The van der Waals surface area contributed by atoms with E-state index in [-0.39, 0.29) is 12.0 Å². The molecule has 2 atom stereocenters.